The number of ether oxygens (including phenoxy) is 1. The summed E-state index contributed by atoms with van der Waals surface area (Å²) in [6.45, 7) is 0.754. The largest absolute Gasteiger partial charge is 0.388 e. The van der Waals surface area contributed by atoms with Gasteiger partial charge in [0.2, 0.25) is 0 Å². The van der Waals surface area contributed by atoms with Crippen LogP contribution in [0.15, 0.2) is 53.4 Å². The molecule has 0 saturated carbocycles. The maximum atomic E-state index is 5.10. The van der Waals surface area contributed by atoms with Crippen molar-refractivity contribution >= 4 is 24.4 Å². The molecule has 3 heteroatoms. The highest BCUT2D eigenvalue weighted by Gasteiger charge is 2.01. The molecule has 0 radical (unpaired) electrons. The van der Waals surface area contributed by atoms with E-state index in [9.17, 15) is 0 Å². The lowest BCUT2D eigenvalue weighted by molar-refractivity contribution is 0.202. The van der Waals surface area contributed by atoms with Gasteiger partial charge in [0.15, 0.2) is 0 Å². The molecule has 0 saturated heterocycles. The Bertz CT molecular complexity index is 588. The first-order valence-electron chi connectivity index (χ1n) is 6.99. The summed E-state index contributed by atoms with van der Waals surface area (Å²) in [5, 5.41) is 3.26. The van der Waals surface area contributed by atoms with Gasteiger partial charge >= 0.3 is 0 Å². The van der Waals surface area contributed by atoms with Gasteiger partial charge in [-0.1, -0.05) is 36.4 Å². The molecular formula is C18H21NOS. The van der Waals surface area contributed by atoms with Crippen LogP contribution in [-0.4, -0.2) is 20.8 Å². The molecule has 0 aliphatic heterocycles. The van der Waals surface area contributed by atoms with Crippen molar-refractivity contribution in [1.82, 2.24) is 5.32 Å². The maximum Gasteiger partial charge on any atom is 0.0502 e. The lowest BCUT2D eigenvalue weighted by atomic mass is 10.1. The molecule has 0 fully saturated rings. The zero-order valence-electron chi connectivity index (χ0n) is 12.5. The number of nitrogens with one attached hydrogen (secondary N) is 1. The van der Waals surface area contributed by atoms with Gasteiger partial charge < -0.3 is 10.1 Å². The summed E-state index contributed by atoms with van der Waals surface area (Å²) >= 11 is 4.31. The highest BCUT2D eigenvalue weighted by atomic mass is 32.1. The fourth-order valence-electron chi connectivity index (χ4n) is 2.11. The average molecular weight is 299 g/mol. The Balaban J connectivity index is 2.18. The normalized spacial score (nSPS) is 11.5. The minimum Gasteiger partial charge on any atom is -0.388 e. The summed E-state index contributed by atoms with van der Waals surface area (Å²) in [5.74, 6) is 0. The van der Waals surface area contributed by atoms with Gasteiger partial charge in [-0.3, -0.25) is 0 Å². The summed E-state index contributed by atoms with van der Waals surface area (Å²) in [6.07, 6.45) is 3.08. The Morgan fingerprint density at radius 2 is 1.76 bits per heavy atom. The van der Waals surface area contributed by atoms with Gasteiger partial charge in [-0.05, 0) is 41.3 Å². The van der Waals surface area contributed by atoms with E-state index in [0.29, 0.717) is 0 Å². The first-order valence-corrected chi connectivity index (χ1v) is 7.44. The molecule has 0 aromatic heterocycles. The van der Waals surface area contributed by atoms with E-state index >= 15 is 0 Å². The van der Waals surface area contributed by atoms with E-state index in [1.165, 1.54) is 11.1 Å². The lowest BCUT2D eigenvalue weighted by Crippen LogP contribution is -2.04. The molecule has 2 aromatic rings. The Morgan fingerprint density at radius 1 is 1.10 bits per heavy atom. The number of benzene rings is 2. The fourth-order valence-corrected chi connectivity index (χ4v) is 2.26. The van der Waals surface area contributed by atoms with Crippen LogP contribution < -0.4 is 5.32 Å². The predicted molar refractivity (Wildman–Crippen MR) is 92.6 cm³/mol. The van der Waals surface area contributed by atoms with Crippen molar-refractivity contribution in [2.75, 3.05) is 20.8 Å². The Morgan fingerprint density at radius 3 is 2.33 bits per heavy atom. The number of rotatable bonds is 6. The van der Waals surface area contributed by atoms with Crippen LogP contribution in [-0.2, 0) is 11.2 Å². The van der Waals surface area contributed by atoms with E-state index in [4.69, 9.17) is 4.74 Å². The first-order chi connectivity index (χ1) is 10.2. The Hall–Kier alpha value is -1.71. The monoisotopic (exact) mass is 299 g/mol. The minimum absolute atomic E-state index is 0.754. The van der Waals surface area contributed by atoms with Crippen molar-refractivity contribution in [3.63, 3.8) is 0 Å². The van der Waals surface area contributed by atoms with Gasteiger partial charge in [0.25, 0.3) is 0 Å². The zero-order chi connectivity index (χ0) is 15.1. The molecule has 0 aliphatic carbocycles. The van der Waals surface area contributed by atoms with E-state index in [1.807, 2.05) is 19.2 Å². The van der Waals surface area contributed by atoms with Crippen LogP contribution in [0, 0.1) is 0 Å². The van der Waals surface area contributed by atoms with E-state index < -0.39 is 0 Å². The molecule has 0 spiro atoms. The molecule has 21 heavy (non-hydrogen) atoms. The van der Waals surface area contributed by atoms with Crippen LogP contribution in [0.2, 0.25) is 0 Å². The molecule has 0 bridgehead atoms. The van der Waals surface area contributed by atoms with Crippen LogP contribution in [0.1, 0.15) is 16.7 Å². The molecule has 0 aliphatic rings. The quantitative estimate of drug-likeness (QED) is 0.624. The van der Waals surface area contributed by atoms with Gasteiger partial charge in [0.05, 0.1) is 6.61 Å². The maximum absolute atomic E-state index is 5.10. The first kappa shape index (κ1) is 15.7. The highest BCUT2D eigenvalue weighted by Crippen LogP contribution is 2.17. The number of methoxy groups -OCH3 is 1. The second-order valence-corrected chi connectivity index (χ2v) is 5.36. The summed E-state index contributed by atoms with van der Waals surface area (Å²) in [4.78, 5) is 0.973. The van der Waals surface area contributed by atoms with Crippen molar-refractivity contribution < 1.29 is 4.74 Å². The molecule has 2 aromatic carbocycles. The van der Waals surface area contributed by atoms with E-state index in [1.54, 1.807) is 7.11 Å². The average Bonchev–Trinajstić information content (AvgIpc) is 2.53. The molecule has 2 nitrogen and oxygen atoms in total. The molecule has 0 unspecified atom stereocenters. The standard InChI is InChI=1S/C18H21NOS/c1-19-18(13-15-5-9-17(21)10-6-15)16-7-3-14(4-8-16)11-12-20-2/h3-10,13,19,21H,11-12H2,1-2H3/b18-13-. The van der Waals surface area contributed by atoms with Gasteiger partial charge in [-0.25, -0.2) is 0 Å². The van der Waals surface area contributed by atoms with Crippen molar-refractivity contribution in [1.29, 1.82) is 0 Å². The summed E-state index contributed by atoms with van der Waals surface area (Å²) in [6, 6.07) is 16.7. The summed E-state index contributed by atoms with van der Waals surface area (Å²) in [5.41, 5.74) is 4.71. The van der Waals surface area contributed by atoms with Crippen LogP contribution in [0.4, 0.5) is 0 Å². The van der Waals surface area contributed by atoms with Gasteiger partial charge in [-0.15, -0.1) is 12.6 Å². The topological polar surface area (TPSA) is 21.3 Å². The minimum atomic E-state index is 0.754. The molecule has 110 valence electrons. The van der Waals surface area contributed by atoms with Crippen LogP contribution in [0.25, 0.3) is 11.8 Å². The van der Waals surface area contributed by atoms with Crippen LogP contribution >= 0.6 is 12.6 Å². The van der Waals surface area contributed by atoms with Gasteiger partial charge in [0, 0.05) is 24.7 Å². The molecular weight excluding hydrogens is 278 g/mol. The highest BCUT2D eigenvalue weighted by molar-refractivity contribution is 7.80. The smallest absolute Gasteiger partial charge is 0.0502 e. The fraction of sp³-hybridized carbons (Fsp3) is 0.222. The number of thiol groups is 1. The molecule has 2 rings (SSSR count). The van der Waals surface area contributed by atoms with Crippen molar-refractivity contribution in [3.8, 4) is 0 Å². The van der Waals surface area contributed by atoms with Crippen LogP contribution in [0.5, 0.6) is 0 Å². The van der Waals surface area contributed by atoms with E-state index in [0.717, 1.165) is 29.2 Å². The van der Waals surface area contributed by atoms with Gasteiger partial charge in [-0.2, -0.15) is 0 Å². The van der Waals surface area contributed by atoms with Crippen LogP contribution in [0.3, 0.4) is 0 Å². The summed E-state index contributed by atoms with van der Waals surface area (Å²) in [7, 11) is 3.67. The Labute approximate surface area is 132 Å². The second kappa shape index (κ2) is 7.91. The third kappa shape index (κ3) is 4.66. The molecule has 0 amide bonds. The zero-order valence-corrected chi connectivity index (χ0v) is 13.4. The SMILES string of the molecule is CN/C(=C\c1ccc(S)cc1)c1ccc(CCOC)cc1. The number of hydrogen-bond acceptors (Lipinski definition) is 3. The summed E-state index contributed by atoms with van der Waals surface area (Å²) < 4.78 is 5.10. The lowest BCUT2D eigenvalue weighted by Gasteiger charge is -2.09. The van der Waals surface area contributed by atoms with Gasteiger partial charge in [0.1, 0.15) is 0 Å². The number of hydrogen-bond donors (Lipinski definition) is 2. The van der Waals surface area contributed by atoms with Crippen molar-refractivity contribution in [2.45, 2.75) is 11.3 Å². The molecule has 0 heterocycles. The predicted octanol–water partition coefficient (Wildman–Crippen LogP) is 3.88. The molecule has 1 N–H and O–H groups in total. The van der Waals surface area contributed by atoms with Crippen molar-refractivity contribution in [2.24, 2.45) is 0 Å². The van der Waals surface area contributed by atoms with E-state index in [2.05, 4.69) is 60.4 Å². The Kier molecular flexibility index (Phi) is 5.90. The van der Waals surface area contributed by atoms with Crippen molar-refractivity contribution in [3.05, 3.63) is 65.2 Å². The third-order valence-corrected chi connectivity index (χ3v) is 3.63. The second-order valence-electron chi connectivity index (χ2n) is 4.84. The molecule has 0 atom stereocenters. The van der Waals surface area contributed by atoms with E-state index in [-0.39, 0.29) is 0 Å². The third-order valence-electron chi connectivity index (χ3n) is 3.33.